The smallest absolute Gasteiger partial charge is 0.298 e. The van der Waals surface area contributed by atoms with Crippen LogP contribution in [0.2, 0.25) is 0 Å². The lowest BCUT2D eigenvalue weighted by molar-refractivity contribution is 0.102. The summed E-state index contributed by atoms with van der Waals surface area (Å²) >= 11 is 0. The lowest BCUT2D eigenvalue weighted by Gasteiger charge is -2.13. The average Bonchev–Trinajstić information content (AvgIpc) is 2.55. The van der Waals surface area contributed by atoms with Gasteiger partial charge in [-0.25, -0.2) is 0 Å². The minimum Gasteiger partial charge on any atom is -0.504 e. The summed E-state index contributed by atoms with van der Waals surface area (Å²) in [5, 5.41) is 13.3. The molecule has 0 aliphatic carbocycles. The van der Waals surface area contributed by atoms with Crippen LogP contribution in [0.5, 0.6) is 5.75 Å². The maximum atomic E-state index is 12.2. The van der Waals surface area contributed by atoms with E-state index in [2.05, 4.69) is 5.32 Å². The molecule has 0 radical (unpaired) electrons. The number of carbonyl (C=O) groups excluding carboxylic acids is 1. The lowest BCUT2D eigenvalue weighted by Crippen LogP contribution is -2.13. The fourth-order valence-corrected chi connectivity index (χ4v) is 3.26. The number of aromatic hydroxyl groups is 1. The third kappa shape index (κ3) is 2.94. The number of carbonyl (C=O) groups is 1. The number of benzene rings is 3. The van der Waals surface area contributed by atoms with Crippen LogP contribution in [0.3, 0.4) is 0 Å². The second kappa shape index (κ2) is 5.95. The van der Waals surface area contributed by atoms with E-state index in [0.29, 0.717) is 10.9 Å². The van der Waals surface area contributed by atoms with Gasteiger partial charge in [-0.1, -0.05) is 42.5 Å². The maximum Gasteiger partial charge on any atom is 0.298 e. The Morgan fingerprint density at radius 3 is 2.25 bits per heavy atom. The third-order valence-electron chi connectivity index (χ3n) is 3.52. The number of hydrogen-bond donors (Lipinski definition) is 3. The average molecular weight is 343 g/mol. The minimum absolute atomic E-state index is 0.102. The number of nitrogens with one attached hydrogen (secondary N) is 1. The van der Waals surface area contributed by atoms with E-state index >= 15 is 0 Å². The zero-order valence-electron chi connectivity index (χ0n) is 12.3. The predicted molar refractivity (Wildman–Crippen MR) is 89.8 cm³/mol. The summed E-state index contributed by atoms with van der Waals surface area (Å²) in [7, 11) is -4.68. The van der Waals surface area contributed by atoms with Gasteiger partial charge in [-0.3, -0.25) is 9.35 Å². The van der Waals surface area contributed by atoms with Gasteiger partial charge < -0.3 is 10.4 Å². The van der Waals surface area contributed by atoms with Gasteiger partial charge in [0, 0.05) is 10.9 Å². The topological polar surface area (TPSA) is 104 Å². The molecule has 0 unspecified atom stereocenters. The van der Waals surface area contributed by atoms with Gasteiger partial charge in [0.25, 0.3) is 16.0 Å². The molecular formula is C17H13NO5S. The number of hydrogen-bond acceptors (Lipinski definition) is 4. The van der Waals surface area contributed by atoms with Gasteiger partial charge in [0.05, 0.1) is 5.69 Å². The van der Waals surface area contributed by atoms with E-state index in [-0.39, 0.29) is 11.1 Å². The molecule has 7 heteroatoms. The highest BCUT2D eigenvalue weighted by atomic mass is 32.2. The van der Waals surface area contributed by atoms with Gasteiger partial charge >= 0.3 is 0 Å². The van der Waals surface area contributed by atoms with Crippen molar-refractivity contribution in [2.75, 3.05) is 5.32 Å². The summed E-state index contributed by atoms with van der Waals surface area (Å²) in [5.41, 5.74) is 0.244. The summed E-state index contributed by atoms with van der Waals surface area (Å²) in [6.07, 6.45) is 0. The van der Waals surface area contributed by atoms with Gasteiger partial charge in [0.1, 0.15) is 4.90 Å². The highest BCUT2D eigenvalue weighted by molar-refractivity contribution is 7.86. The number of amides is 1. The van der Waals surface area contributed by atoms with E-state index in [1.807, 2.05) is 0 Å². The van der Waals surface area contributed by atoms with E-state index in [0.717, 1.165) is 0 Å². The number of phenolic OH excluding ortho intramolecular Hbond substituents is 1. The van der Waals surface area contributed by atoms with E-state index in [1.54, 1.807) is 48.5 Å². The molecule has 0 aliphatic heterocycles. The van der Waals surface area contributed by atoms with Gasteiger partial charge in [0.15, 0.2) is 5.75 Å². The normalized spacial score (nSPS) is 11.4. The molecular weight excluding hydrogens is 330 g/mol. The van der Waals surface area contributed by atoms with Crippen LogP contribution in [0.1, 0.15) is 10.4 Å². The first kappa shape index (κ1) is 16.0. The van der Waals surface area contributed by atoms with E-state index in [1.165, 1.54) is 12.1 Å². The van der Waals surface area contributed by atoms with Crippen molar-refractivity contribution in [2.24, 2.45) is 0 Å². The highest BCUT2D eigenvalue weighted by Crippen LogP contribution is 2.38. The lowest BCUT2D eigenvalue weighted by atomic mass is 10.1. The largest absolute Gasteiger partial charge is 0.504 e. The molecule has 0 atom stereocenters. The van der Waals surface area contributed by atoms with Crippen molar-refractivity contribution in [3.05, 3.63) is 66.2 Å². The number of phenols is 1. The van der Waals surface area contributed by atoms with Crippen molar-refractivity contribution in [2.45, 2.75) is 4.90 Å². The van der Waals surface area contributed by atoms with Gasteiger partial charge in [-0.2, -0.15) is 8.42 Å². The fourth-order valence-electron chi connectivity index (χ4n) is 2.44. The van der Waals surface area contributed by atoms with Crippen molar-refractivity contribution in [1.82, 2.24) is 0 Å². The minimum atomic E-state index is -4.68. The summed E-state index contributed by atoms with van der Waals surface area (Å²) in [6.45, 7) is 0. The first-order valence-electron chi connectivity index (χ1n) is 6.96. The molecule has 1 amide bonds. The Kier molecular flexibility index (Phi) is 3.96. The molecule has 0 aromatic heterocycles. The first-order valence-corrected chi connectivity index (χ1v) is 8.40. The standard InChI is InChI=1S/C17H13NO5S/c19-15-14(18-17(20)11-6-2-1-3-7-11)10-12-8-4-5-9-13(12)16(15)24(21,22)23/h1-10,19H,(H,18,20)(H,21,22,23). The summed E-state index contributed by atoms with van der Waals surface area (Å²) in [6, 6.07) is 16.0. The molecule has 0 fully saturated rings. The molecule has 24 heavy (non-hydrogen) atoms. The molecule has 0 saturated carbocycles. The SMILES string of the molecule is O=C(Nc1cc2ccccc2c(S(=O)(=O)O)c1O)c1ccccc1. The summed E-state index contributed by atoms with van der Waals surface area (Å²) in [5.74, 6) is -1.22. The van der Waals surface area contributed by atoms with E-state index in [9.17, 15) is 22.9 Å². The van der Waals surface area contributed by atoms with Crippen molar-refractivity contribution < 1.29 is 22.9 Å². The van der Waals surface area contributed by atoms with Gasteiger partial charge in [0.2, 0.25) is 0 Å². The van der Waals surface area contributed by atoms with Crippen molar-refractivity contribution in [3.63, 3.8) is 0 Å². The Labute approximate surface area is 138 Å². The Bertz CT molecular complexity index is 1030. The van der Waals surface area contributed by atoms with Crippen LogP contribution in [0.15, 0.2) is 65.6 Å². The molecule has 0 spiro atoms. The second-order valence-corrected chi connectivity index (χ2v) is 6.48. The van der Waals surface area contributed by atoms with Crippen molar-refractivity contribution in [1.29, 1.82) is 0 Å². The molecule has 3 rings (SSSR count). The molecule has 122 valence electrons. The molecule has 3 aromatic carbocycles. The Balaban J connectivity index is 2.16. The Morgan fingerprint density at radius 2 is 1.58 bits per heavy atom. The van der Waals surface area contributed by atoms with Crippen LogP contribution in [0.25, 0.3) is 10.8 Å². The Morgan fingerprint density at radius 1 is 0.958 bits per heavy atom. The van der Waals surface area contributed by atoms with Gasteiger partial charge in [-0.05, 0) is 23.6 Å². The molecule has 0 saturated heterocycles. The Hall–Kier alpha value is -2.90. The molecule has 0 bridgehead atoms. The predicted octanol–water partition coefficient (Wildman–Crippen LogP) is 3.04. The molecule has 3 aromatic rings. The second-order valence-electron chi connectivity index (χ2n) is 5.12. The van der Waals surface area contributed by atoms with Crippen molar-refractivity contribution in [3.8, 4) is 5.75 Å². The molecule has 0 aliphatic rings. The maximum absolute atomic E-state index is 12.2. The molecule has 3 N–H and O–H groups in total. The number of fused-ring (bicyclic) bond motifs is 1. The monoisotopic (exact) mass is 343 g/mol. The van der Waals surface area contributed by atoms with Crippen LogP contribution in [0.4, 0.5) is 5.69 Å². The van der Waals surface area contributed by atoms with Gasteiger partial charge in [-0.15, -0.1) is 0 Å². The zero-order valence-corrected chi connectivity index (χ0v) is 13.1. The number of anilines is 1. The van der Waals surface area contributed by atoms with E-state index < -0.39 is 26.7 Å². The molecule has 0 heterocycles. The van der Waals surface area contributed by atoms with Crippen LogP contribution in [-0.2, 0) is 10.1 Å². The quantitative estimate of drug-likeness (QED) is 0.501. The zero-order chi connectivity index (χ0) is 17.3. The first-order chi connectivity index (χ1) is 11.4. The fraction of sp³-hybridized carbons (Fsp3) is 0. The number of rotatable bonds is 3. The van der Waals surface area contributed by atoms with Crippen LogP contribution < -0.4 is 5.32 Å². The van der Waals surface area contributed by atoms with Crippen LogP contribution >= 0.6 is 0 Å². The highest BCUT2D eigenvalue weighted by Gasteiger charge is 2.23. The molecule has 6 nitrogen and oxygen atoms in total. The summed E-state index contributed by atoms with van der Waals surface area (Å²) < 4.78 is 32.8. The third-order valence-corrected chi connectivity index (χ3v) is 4.45. The van der Waals surface area contributed by atoms with E-state index in [4.69, 9.17) is 0 Å². The summed E-state index contributed by atoms with van der Waals surface area (Å²) in [4.78, 5) is 11.6. The van der Waals surface area contributed by atoms with Crippen LogP contribution in [0, 0.1) is 0 Å². The van der Waals surface area contributed by atoms with Crippen LogP contribution in [-0.4, -0.2) is 24.0 Å². The van der Waals surface area contributed by atoms with Crippen molar-refractivity contribution >= 4 is 32.5 Å².